The number of amides is 3. The summed E-state index contributed by atoms with van der Waals surface area (Å²) in [5, 5.41) is 3.05. The first kappa shape index (κ1) is 20.2. The maximum atomic E-state index is 12.8. The number of piperidine rings is 1. The van der Waals surface area contributed by atoms with Crippen LogP contribution >= 0.6 is 0 Å². The minimum Gasteiger partial charge on any atom is -0.343 e. The Labute approximate surface area is 174 Å². The average molecular weight is 398 g/mol. The zero-order chi connectivity index (χ0) is 20.3. The molecule has 1 atom stereocenters. The Morgan fingerprint density at radius 3 is 2.52 bits per heavy atom. The number of hydrogen-bond donors (Lipinski definition) is 1. The minimum atomic E-state index is 0.0837. The Hall–Kier alpha value is -2.04. The topological polar surface area (TPSA) is 52.7 Å². The third-order valence-corrected chi connectivity index (χ3v) is 7.30. The van der Waals surface area contributed by atoms with Crippen LogP contribution in [0.2, 0.25) is 0 Å². The Bertz CT molecular complexity index is 733. The van der Waals surface area contributed by atoms with Crippen LogP contribution in [-0.4, -0.2) is 54.5 Å². The third-order valence-electron chi connectivity index (χ3n) is 7.30. The zero-order valence-electron chi connectivity index (χ0n) is 17.8. The van der Waals surface area contributed by atoms with E-state index >= 15 is 0 Å². The predicted molar refractivity (Wildman–Crippen MR) is 115 cm³/mol. The standard InChI is InChI=1S/C24H35N3O2/c1-2-3-12-25-23(29)27-15-10-24(11-16-27)18-19(20-8-4-5-9-21(20)24)17-22(28)26-13-6-7-14-26/h4-5,8-9,19H,2-3,6-7,10-18H2,1H3,(H,25,29)/t19-/m0/s1. The highest BCUT2D eigenvalue weighted by Gasteiger charge is 2.46. The van der Waals surface area contributed by atoms with Gasteiger partial charge < -0.3 is 15.1 Å². The molecule has 0 unspecified atom stereocenters. The van der Waals surface area contributed by atoms with Crippen molar-refractivity contribution in [3.63, 3.8) is 0 Å². The largest absolute Gasteiger partial charge is 0.343 e. The molecular formula is C24H35N3O2. The zero-order valence-corrected chi connectivity index (χ0v) is 17.8. The molecule has 0 saturated carbocycles. The monoisotopic (exact) mass is 397 g/mol. The molecule has 2 aliphatic heterocycles. The maximum Gasteiger partial charge on any atom is 0.317 e. The summed E-state index contributed by atoms with van der Waals surface area (Å²) in [7, 11) is 0. The minimum absolute atomic E-state index is 0.0837. The number of nitrogens with one attached hydrogen (secondary N) is 1. The van der Waals surface area contributed by atoms with Crippen molar-refractivity contribution in [1.82, 2.24) is 15.1 Å². The number of carbonyl (C=O) groups is 2. The van der Waals surface area contributed by atoms with Crippen molar-refractivity contribution in [2.75, 3.05) is 32.7 Å². The van der Waals surface area contributed by atoms with Crippen LogP contribution in [0.15, 0.2) is 24.3 Å². The molecule has 1 aliphatic carbocycles. The van der Waals surface area contributed by atoms with Crippen LogP contribution in [0, 0.1) is 0 Å². The van der Waals surface area contributed by atoms with Gasteiger partial charge in [0.25, 0.3) is 0 Å². The predicted octanol–water partition coefficient (Wildman–Crippen LogP) is 4.03. The Kier molecular flexibility index (Phi) is 6.12. The first-order chi connectivity index (χ1) is 14.1. The highest BCUT2D eigenvalue weighted by molar-refractivity contribution is 5.78. The molecule has 158 valence electrons. The van der Waals surface area contributed by atoms with Gasteiger partial charge in [0.05, 0.1) is 0 Å². The Morgan fingerprint density at radius 2 is 1.79 bits per heavy atom. The Balaban J connectivity index is 1.42. The molecule has 3 amide bonds. The molecule has 29 heavy (non-hydrogen) atoms. The van der Waals surface area contributed by atoms with Crippen LogP contribution in [0.1, 0.15) is 75.3 Å². The molecule has 3 aliphatic rings. The van der Waals surface area contributed by atoms with E-state index in [1.54, 1.807) is 0 Å². The fourth-order valence-electron chi connectivity index (χ4n) is 5.61. The van der Waals surface area contributed by atoms with Crippen LogP contribution in [0.4, 0.5) is 4.79 Å². The summed E-state index contributed by atoms with van der Waals surface area (Å²) in [6.45, 7) is 6.37. The van der Waals surface area contributed by atoms with Crippen molar-refractivity contribution in [1.29, 1.82) is 0 Å². The second-order valence-corrected chi connectivity index (χ2v) is 9.13. The molecule has 5 heteroatoms. The lowest BCUT2D eigenvalue weighted by Gasteiger charge is -2.40. The number of unbranched alkanes of at least 4 members (excludes halogenated alkanes) is 1. The summed E-state index contributed by atoms with van der Waals surface area (Å²) in [5.41, 5.74) is 2.94. The number of rotatable bonds is 5. The molecule has 2 fully saturated rings. The lowest BCUT2D eigenvalue weighted by molar-refractivity contribution is -0.130. The van der Waals surface area contributed by atoms with Gasteiger partial charge in [0.1, 0.15) is 0 Å². The highest BCUT2D eigenvalue weighted by Crippen LogP contribution is 2.52. The van der Waals surface area contributed by atoms with Crippen molar-refractivity contribution < 1.29 is 9.59 Å². The summed E-state index contributed by atoms with van der Waals surface area (Å²) in [4.78, 5) is 29.3. The SMILES string of the molecule is CCCCNC(=O)N1CCC2(CC1)C[C@H](CC(=O)N1CCCC1)c1ccccc12. The van der Waals surface area contributed by atoms with Gasteiger partial charge in [-0.15, -0.1) is 0 Å². The Morgan fingerprint density at radius 1 is 1.07 bits per heavy atom. The van der Waals surface area contributed by atoms with E-state index in [9.17, 15) is 9.59 Å². The summed E-state index contributed by atoms with van der Waals surface area (Å²) in [5.74, 6) is 0.649. The van der Waals surface area contributed by atoms with Gasteiger partial charge in [0.15, 0.2) is 0 Å². The second-order valence-electron chi connectivity index (χ2n) is 9.13. The molecule has 1 aromatic carbocycles. The first-order valence-corrected chi connectivity index (χ1v) is 11.5. The van der Waals surface area contributed by atoms with Crippen molar-refractivity contribution in [3.05, 3.63) is 35.4 Å². The quantitative estimate of drug-likeness (QED) is 0.763. The van der Waals surface area contributed by atoms with Gasteiger partial charge in [-0.3, -0.25) is 4.79 Å². The van der Waals surface area contributed by atoms with Gasteiger partial charge in [0.2, 0.25) is 5.91 Å². The number of benzene rings is 1. The van der Waals surface area contributed by atoms with Crippen molar-refractivity contribution >= 4 is 11.9 Å². The lowest BCUT2D eigenvalue weighted by Crippen LogP contribution is -2.48. The molecule has 1 N–H and O–H groups in total. The molecule has 2 saturated heterocycles. The number of nitrogens with zero attached hydrogens (tertiary/aromatic N) is 2. The van der Waals surface area contributed by atoms with Crippen molar-refractivity contribution in [2.45, 2.75) is 69.6 Å². The van der Waals surface area contributed by atoms with Crippen LogP contribution in [0.5, 0.6) is 0 Å². The van der Waals surface area contributed by atoms with E-state index in [4.69, 9.17) is 0 Å². The summed E-state index contributed by atoms with van der Waals surface area (Å²) in [6.07, 6.45) is 8.11. The van der Waals surface area contributed by atoms with Gasteiger partial charge in [-0.1, -0.05) is 37.6 Å². The molecule has 0 bridgehead atoms. The smallest absolute Gasteiger partial charge is 0.317 e. The second kappa shape index (κ2) is 8.76. The average Bonchev–Trinajstić information content (AvgIpc) is 3.37. The molecule has 4 rings (SSSR count). The molecular weight excluding hydrogens is 362 g/mol. The number of likely N-dealkylation sites (tertiary alicyclic amines) is 2. The lowest BCUT2D eigenvalue weighted by atomic mass is 9.73. The van der Waals surface area contributed by atoms with Gasteiger partial charge in [0, 0.05) is 39.1 Å². The van der Waals surface area contributed by atoms with E-state index in [0.717, 1.165) is 77.7 Å². The van der Waals surface area contributed by atoms with E-state index < -0.39 is 0 Å². The maximum absolute atomic E-state index is 12.8. The van der Waals surface area contributed by atoms with Gasteiger partial charge in [-0.25, -0.2) is 4.79 Å². The van der Waals surface area contributed by atoms with Crippen LogP contribution in [0.3, 0.4) is 0 Å². The van der Waals surface area contributed by atoms with Crippen LogP contribution in [-0.2, 0) is 10.2 Å². The summed E-state index contributed by atoms with van der Waals surface area (Å²) >= 11 is 0. The van der Waals surface area contributed by atoms with E-state index in [0.29, 0.717) is 18.2 Å². The van der Waals surface area contributed by atoms with Crippen molar-refractivity contribution in [2.24, 2.45) is 0 Å². The molecule has 0 radical (unpaired) electrons. The van der Waals surface area contributed by atoms with Gasteiger partial charge in [-0.05, 0) is 61.0 Å². The van der Waals surface area contributed by atoms with E-state index in [1.165, 1.54) is 11.1 Å². The van der Waals surface area contributed by atoms with E-state index in [2.05, 4.69) is 41.4 Å². The van der Waals surface area contributed by atoms with Gasteiger partial charge >= 0.3 is 6.03 Å². The summed E-state index contributed by atoms with van der Waals surface area (Å²) < 4.78 is 0. The molecule has 0 aromatic heterocycles. The number of fused-ring (bicyclic) bond motifs is 2. The fraction of sp³-hybridized carbons (Fsp3) is 0.667. The van der Waals surface area contributed by atoms with Crippen LogP contribution < -0.4 is 5.32 Å². The van der Waals surface area contributed by atoms with Crippen molar-refractivity contribution in [3.8, 4) is 0 Å². The fourth-order valence-corrected chi connectivity index (χ4v) is 5.61. The number of urea groups is 1. The van der Waals surface area contributed by atoms with E-state index in [1.807, 2.05) is 4.90 Å². The molecule has 5 nitrogen and oxygen atoms in total. The van der Waals surface area contributed by atoms with E-state index in [-0.39, 0.29) is 11.4 Å². The summed E-state index contributed by atoms with van der Waals surface area (Å²) in [6, 6.07) is 8.83. The number of hydrogen-bond acceptors (Lipinski definition) is 2. The molecule has 2 heterocycles. The normalized spacial score (nSPS) is 22.7. The third kappa shape index (κ3) is 4.15. The van der Waals surface area contributed by atoms with Gasteiger partial charge in [-0.2, -0.15) is 0 Å². The highest BCUT2D eigenvalue weighted by atomic mass is 16.2. The number of carbonyl (C=O) groups excluding carboxylic acids is 2. The first-order valence-electron chi connectivity index (χ1n) is 11.5. The molecule has 1 aromatic rings. The molecule has 1 spiro atoms. The van der Waals surface area contributed by atoms with Crippen LogP contribution in [0.25, 0.3) is 0 Å².